The molecule has 11 nitrogen and oxygen atoms in total. The Bertz CT molecular complexity index is 1250. The Morgan fingerprint density at radius 3 is 2.56 bits per heavy atom. The molecule has 1 spiro atoms. The van der Waals surface area contributed by atoms with Gasteiger partial charge in [-0.1, -0.05) is 0 Å². The van der Waals surface area contributed by atoms with Crippen molar-refractivity contribution in [2.45, 2.75) is 31.2 Å². The summed E-state index contributed by atoms with van der Waals surface area (Å²) < 4.78 is 16.4. The van der Waals surface area contributed by atoms with Gasteiger partial charge in [0.1, 0.15) is 17.7 Å². The summed E-state index contributed by atoms with van der Waals surface area (Å²) in [5.41, 5.74) is 0.767. The number of aromatic nitrogens is 2. The highest BCUT2D eigenvalue weighted by molar-refractivity contribution is 6.24. The van der Waals surface area contributed by atoms with Crippen molar-refractivity contribution in [3.05, 3.63) is 54.7 Å². The van der Waals surface area contributed by atoms with Gasteiger partial charge in [0.05, 0.1) is 11.9 Å². The number of pyridine rings is 1. The van der Waals surface area contributed by atoms with Gasteiger partial charge < -0.3 is 18.8 Å². The number of hydrogen-bond acceptors (Lipinski definition) is 9. The molecule has 2 aliphatic heterocycles. The second-order valence-electron chi connectivity index (χ2n) is 8.56. The SMILES string of the molecule is COCCCc1nc(-c2ccc(Oc3ccc(N4CCCC45C(=O)NC(=O)NC5=O)cn3)cc2)co1. The smallest absolute Gasteiger partial charge is 0.328 e. The van der Waals surface area contributed by atoms with Crippen LogP contribution in [0.15, 0.2) is 53.3 Å². The molecule has 3 aromatic rings. The molecule has 36 heavy (non-hydrogen) atoms. The lowest BCUT2D eigenvalue weighted by Crippen LogP contribution is -2.71. The Balaban J connectivity index is 1.25. The number of anilines is 1. The van der Waals surface area contributed by atoms with Crippen LogP contribution in [0.5, 0.6) is 11.6 Å². The number of imide groups is 2. The van der Waals surface area contributed by atoms with E-state index in [0.29, 0.717) is 55.6 Å². The number of carbonyl (C=O) groups is 3. The van der Waals surface area contributed by atoms with Gasteiger partial charge >= 0.3 is 6.03 Å². The largest absolute Gasteiger partial charge is 0.448 e. The normalized spacial score (nSPS) is 16.8. The first-order valence-corrected chi connectivity index (χ1v) is 11.6. The zero-order valence-corrected chi connectivity index (χ0v) is 19.7. The number of ether oxygens (including phenoxy) is 2. The first-order chi connectivity index (χ1) is 17.5. The fourth-order valence-electron chi connectivity index (χ4n) is 4.52. The van der Waals surface area contributed by atoms with E-state index in [2.05, 4.69) is 20.6 Å². The van der Waals surface area contributed by atoms with Crippen molar-refractivity contribution in [3.63, 3.8) is 0 Å². The number of nitrogens with one attached hydrogen (secondary N) is 2. The molecule has 0 unspecified atom stereocenters. The van der Waals surface area contributed by atoms with Gasteiger partial charge in [-0.15, -0.1) is 0 Å². The van der Waals surface area contributed by atoms with Crippen LogP contribution in [0.2, 0.25) is 0 Å². The fourth-order valence-corrected chi connectivity index (χ4v) is 4.52. The van der Waals surface area contributed by atoms with Crippen molar-refractivity contribution < 1.29 is 28.3 Å². The second-order valence-corrected chi connectivity index (χ2v) is 8.56. The summed E-state index contributed by atoms with van der Waals surface area (Å²) >= 11 is 0. The van der Waals surface area contributed by atoms with Crippen molar-refractivity contribution >= 4 is 23.5 Å². The van der Waals surface area contributed by atoms with Crippen molar-refractivity contribution in [3.8, 4) is 22.9 Å². The number of aryl methyl sites for hydroxylation is 1. The molecule has 186 valence electrons. The van der Waals surface area contributed by atoms with E-state index in [-0.39, 0.29) is 0 Å². The molecule has 0 radical (unpaired) electrons. The van der Waals surface area contributed by atoms with E-state index in [4.69, 9.17) is 13.9 Å². The molecular formula is C25H25N5O6. The lowest BCUT2D eigenvalue weighted by atomic mass is 9.92. The monoisotopic (exact) mass is 491 g/mol. The third kappa shape index (κ3) is 4.40. The third-order valence-corrected chi connectivity index (χ3v) is 6.28. The Morgan fingerprint density at radius 1 is 1.08 bits per heavy atom. The van der Waals surface area contributed by atoms with Crippen LogP contribution in [0.25, 0.3) is 11.3 Å². The highest BCUT2D eigenvalue weighted by Crippen LogP contribution is 2.36. The summed E-state index contributed by atoms with van der Waals surface area (Å²) in [5, 5.41) is 4.41. The van der Waals surface area contributed by atoms with E-state index in [1.165, 1.54) is 0 Å². The van der Waals surface area contributed by atoms with Crippen LogP contribution in [0.3, 0.4) is 0 Å². The number of nitrogens with zero attached hydrogens (tertiary/aromatic N) is 3. The Kier molecular flexibility index (Phi) is 6.38. The number of barbiturate groups is 1. The number of oxazole rings is 1. The molecule has 2 aliphatic rings. The minimum atomic E-state index is -1.46. The van der Waals surface area contributed by atoms with Crippen molar-refractivity contribution in [2.75, 3.05) is 25.2 Å². The molecule has 0 aliphatic carbocycles. The number of benzene rings is 1. The van der Waals surface area contributed by atoms with Crippen LogP contribution in [0, 0.1) is 0 Å². The maximum Gasteiger partial charge on any atom is 0.328 e. The van der Waals surface area contributed by atoms with Gasteiger partial charge in [-0.25, -0.2) is 14.8 Å². The van der Waals surface area contributed by atoms with Crippen molar-refractivity contribution in [2.24, 2.45) is 0 Å². The van der Waals surface area contributed by atoms with Crippen LogP contribution in [0.4, 0.5) is 10.5 Å². The average molecular weight is 492 g/mol. The van der Waals surface area contributed by atoms with Crippen LogP contribution >= 0.6 is 0 Å². The molecule has 2 saturated heterocycles. The summed E-state index contributed by atoms with van der Waals surface area (Å²) in [4.78, 5) is 47.3. The lowest BCUT2D eigenvalue weighted by Gasteiger charge is -2.38. The first kappa shape index (κ1) is 23.5. The Hall–Kier alpha value is -4.25. The zero-order chi connectivity index (χ0) is 25.1. The molecule has 2 N–H and O–H groups in total. The predicted molar refractivity (Wildman–Crippen MR) is 127 cm³/mol. The molecule has 11 heteroatoms. The first-order valence-electron chi connectivity index (χ1n) is 11.6. The van der Waals surface area contributed by atoms with Gasteiger partial charge in [-0.05, 0) is 49.6 Å². The van der Waals surface area contributed by atoms with E-state index in [1.807, 2.05) is 24.3 Å². The highest BCUT2D eigenvalue weighted by Gasteiger charge is 2.57. The van der Waals surface area contributed by atoms with Gasteiger partial charge in [0, 0.05) is 38.3 Å². The van der Waals surface area contributed by atoms with Crippen LogP contribution in [-0.2, 0) is 20.7 Å². The summed E-state index contributed by atoms with van der Waals surface area (Å²) in [6.45, 7) is 1.14. The quantitative estimate of drug-likeness (QED) is 0.360. The molecule has 4 heterocycles. The van der Waals surface area contributed by atoms with Crippen molar-refractivity contribution in [1.82, 2.24) is 20.6 Å². The van der Waals surface area contributed by atoms with E-state index in [9.17, 15) is 14.4 Å². The predicted octanol–water partition coefficient (Wildman–Crippen LogP) is 2.81. The Morgan fingerprint density at radius 2 is 1.86 bits per heavy atom. The minimum absolute atomic E-state index is 0.308. The molecule has 0 saturated carbocycles. The van der Waals surface area contributed by atoms with Gasteiger partial charge in [0.25, 0.3) is 11.8 Å². The topological polar surface area (TPSA) is 136 Å². The van der Waals surface area contributed by atoms with E-state index in [1.54, 1.807) is 36.6 Å². The standard InChI is InChI=1S/C25H25N5O6/c1-34-13-2-4-21-27-19(15-35-21)16-5-8-18(9-6-16)36-20-10-7-17(14-26-20)30-12-3-11-25(30)22(31)28-24(33)29-23(25)32/h5-10,14-15H,2-4,11-13H2,1H3,(H2,28,29,31,32,33). The number of amides is 4. The Labute approximate surface area is 206 Å². The minimum Gasteiger partial charge on any atom is -0.448 e. The average Bonchev–Trinajstić information content (AvgIpc) is 3.53. The van der Waals surface area contributed by atoms with E-state index < -0.39 is 23.4 Å². The molecule has 0 bridgehead atoms. The molecular weight excluding hydrogens is 466 g/mol. The summed E-state index contributed by atoms with van der Waals surface area (Å²) in [5.74, 6) is 0.368. The summed E-state index contributed by atoms with van der Waals surface area (Å²) in [6, 6.07) is 10.00. The number of urea groups is 1. The van der Waals surface area contributed by atoms with Crippen LogP contribution in [-0.4, -0.2) is 53.6 Å². The number of rotatable bonds is 8. The molecule has 1 aromatic carbocycles. The van der Waals surface area contributed by atoms with E-state index >= 15 is 0 Å². The molecule has 2 fully saturated rings. The lowest BCUT2D eigenvalue weighted by molar-refractivity contribution is -0.137. The number of carbonyl (C=O) groups excluding carboxylic acids is 3. The van der Waals surface area contributed by atoms with Gasteiger partial charge in [-0.2, -0.15) is 0 Å². The van der Waals surface area contributed by atoms with Gasteiger partial charge in [-0.3, -0.25) is 20.2 Å². The maximum atomic E-state index is 12.6. The van der Waals surface area contributed by atoms with Gasteiger partial charge in [0.2, 0.25) is 5.88 Å². The molecule has 0 atom stereocenters. The second kappa shape index (κ2) is 9.78. The van der Waals surface area contributed by atoms with Gasteiger partial charge in [0.15, 0.2) is 11.4 Å². The van der Waals surface area contributed by atoms with Crippen LogP contribution in [0.1, 0.15) is 25.2 Å². The molecule has 4 amide bonds. The maximum absolute atomic E-state index is 12.6. The van der Waals surface area contributed by atoms with Crippen LogP contribution < -0.4 is 20.3 Å². The summed E-state index contributed by atoms with van der Waals surface area (Å²) in [7, 11) is 1.67. The third-order valence-electron chi connectivity index (χ3n) is 6.28. The summed E-state index contributed by atoms with van der Waals surface area (Å²) in [6.07, 6.45) is 5.67. The molecule has 2 aromatic heterocycles. The molecule has 5 rings (SSSR count). The number of hydrogen-bond donors (Lipinski definition) is 2. The van der Waals surface area contributed by atoms with E-state index in [0.717, 1.165) is 17.7 Å². The zero-order valence-electron chi connectivity index (χ0n) is 19.7. The highest BCUT2D eigenvalue weighted by atomic mass is 16.5. The number of methoxy groups -OCH3 is 1. The van der Waals surface area contributed by atoms with Crippen molar-refractivity contribution in [1.29, 1.82) is 0 Å². The fraction of sp³-hybridized carbons (Fsp3) is 0.320.